The first kappa shape index (κ1) is 33.2. The van der Waals surface area contributed by atoms with Crippen molar-refractivity contribution in [1.82, 2.24) is 14.8 Å². The number of benzene rings is 2. The van der Waals surface area contributed by atoms with Crippen molar-refractivity contribution in [1.29, 1.82) is 0 Å². The van der Waals surface area contributed by atoms with E-state index in [2.05, 4.69) is 9.82 Å². The maximum Gasteiger partial charge on any atom is 0.278 e. The third-order valence-electron chi connectivity index (χ3n) is 8.23. The average Bonchev–Trinajstić information content (AvgIpc) is 3.01. The Labute approximate surface area is 260 Å². The van der Waals surface area contributed by atoms with E-state index in [0.717, 1.165) is 48.6 Å². The standard InChI is InChI=1S/C30H29F5N4O6S/c1-45-37-29(41)20-10-9-19(13-22(20)40)38(15-18-8-7-17(14-36-18)16-5-3-2-4-6-16)30(42)21-11-12-39(21)46(43,44)28-26(34)24(32)23(31)25(33)27(28)35/h7-10,13-14,16,21,40H,2-6,11-12,15H2,1H3,(H,37,41). The summed E-state index contributed by atoms with van der Waals surface area (Å²) in [6.07, 6.45) is 6.93. The second-order valence-electron chi connectivity index (χ2n) is 11.0. The lowest BCUT2D eigenvalue weighted by molar-refractivity contribution is -0.125. The topological polar surface area (TPSA) is 129 Å². The van der Waals surface area contributed by atoms with E-state index >= 15 is 0 Å². The monoisotopic (exact) mass is 668 g/mol. The van der Waals surface area contributed by atoms with Crippen molar-refractivity contribution >= 4 is 27.5 Å². The molecule has 1 saturated heterocycles. The number of phenols is 1. The van der Waals surface area contributed by atoms with Crippen LogP contribution in [-0.4, -0.2) is 54.3 Å². The van der Waals surface area contributed by atoms with Crippen molar-refractivity contribution in [3.8, 4) is 5.75 Å². The SMILES string of the molecule is CONC(=O)c1ccc(N(Cc2ccc(C3CCCCC3)cn2)C(=O)C2CCN2S(=O)(=O)c2c(F)c(F)c(F)c(F)c2F)cc1O. The molecule has 2 heterocycles. The van der Waals surface area contributed by atoms with Crippen LogP contribution in [0.2, 0.25) is 0 Å². The quantitative estimate of drug-likeness (QED) is 0.145. The van der Waals surface area contributed by atoms with Gasteiger partial charge in [-0.25, -0.2) is 35.8 Å². The summed E-state index contributed by atoms with van der Waals surface area (Å²) >= 11 is 0. The van der Waals surface area contributed by atoms with Gasteiger partial charge in [-0.1, -0.05) is 25.3 Å². The van der Waals surface area contributed by atoms with Crippen LogP contribution >= 0.6 is 0 Å². The Morgan fingerprint density at radius 2 is 1.63 bits per heavy atom. The number of nitrogens with zero attached hydrogens (tertiary/aromatic N) is 3. The van der Waals surface area contributed by atoms with Gasteiger partial charge in [-0.2, -0.15) is 4.31 Å². The van der Waals surface area contributed by atoms with Crippen LogP contribution in [0.25, 0.3) is 0 Å². The molecule has 2 amide bonds. The van der Waals surface area contributed by atoms with E-state index in [1.807, 2.05) is 11.5 Å². The highest BCUT2D eigenvalue weighted by molar-refractivity contribution is 7.89. The predicted molar refractivity (Wildman–Crippen MR) is 152 cm³/mol. The van der Waals surface area contributed by atoms with Crippen LogP contribution in [0.4, 0.5) is 27.6 Å². The van der Waals surface area contributed by atoms with Gasteiger partial charge in [-0.3, -0.25) is 19.4 Å². The van der Waals surface area contributed by atoms with Gasteiger partial charge in [0.1, 0.15) is 11.8 Å². The molecular formula is C30H29F5N4O6S. The minimum absolute atomic E-state index is 0.00453. The Hall–Kier alpha value is -4.15. The number of carbonyl (C=O) groups is 2. The van der Waals surface area contributed by atoms with Gasteiger partial charge in [-0.15, -0.1) is 0 Å². The van der Waals surface area contributed by atoms with Crippen LogP contribution in [-0.2, 0) is 26.2 Å². The number of amides is 2. The van der Waals surface area contributed by atoms with Gasteiger partial charge in [-0.05, 0) is 48.9 Å². The van der Waals surface area contributed by atoms with Gasteiger partial charge < -0.3 is 10.0 Å². The maximum atomic E-state index is 14.5. The van der Waals surface area contributed by atoms with E-state index in [-0.39, 0.29) is 24.2 Å². The summed E-state index contributed by atoms with van der Waals surface area (Å²) in [5.74, 6) is -14.5. The molecule has 16 heteroatoms. The minimum Gasteiger partial charge on any atom is -0.507 e. The average molecular weight is 669 g/mol. The molecule has 1 atom stereocenters. The number of aromatic hydroxyl groups is 1. The van der Waals surface area contributed by atoms with Crippen molar-refractivity contribution in [3.63, 3.8) is 0 Å². The molecule has 2 N–H and O–H groups in total. The molecule has 2 aliphatic rings. The molecular weight excluding hydrogens is 639 g/mol. The zero-order chi connectivity index (χ0) is 33.3. The highest BCUT2D eigenvalue weighted by atomic mass is 32.2. The van der Waals surface area contributed by atoms with Crippen LogP contribution in [0.1, 0.15) is 66.1 Å². The first-order chi connectivity index (χ1) is 21.9. The highest BCUT2D eigenvalue weighted by Crippen LogP contribution is 2.36. The molecule has 1 aliphatic heterocycles. The molecule has 46 heavy (non-hydrogen) atoms. The summed E-state index contributed by atoms with van der Waals surface area (Å²) in [6.45, 7) is -0.721. The molecule has 1 aromatic heterocycles. The van der Waals surface area contributed by atoms with Gasteiger partial charge in [0.05, 0.1) is 24.9 Å². The summed E-state index contributed by atoms with van der Waals surface area (Å²) < 4.78 is 97.3. The Balaban J connectivity index is 1.49. The molecule has 1 unspecified atom stereocenters. The number of pyridine rings is 1. The molecule has 5 rings (SSSR count). The van der Waals surface area contributed by atoms with Gasteiger partial charge in [0.15, 0.2) is 28.2 Å². The lowest BCUT2D eigenvalue weighted by atomic mass is 9.85. The Kier molecular flexibility index (Phi) is 9.60. The molecule has 246 valence electrons. The smallest absolute Gasteiger partial charge is 0.278 e. The lowest BCUT2D eigenvalue weighted by Crippen LogP contribution is -2.59. The van der Waals surface area contributed by atoms with Crippen LogP contribution in [0, 0.1) is 29.1 Å². The van der Waals surface area contributed by atoms with E-state index in [1.165, 1.54) is 19.2 Å². The highest BCUT2D eigenvalue weighted by Gasteiger charge is 2.48. The molecule has 0 radical (unpaired) electrons. The van der Waals surface area contributed by atoms with E-state index in [1.54, 1.807) is 12.3 Å². The first-order valence-corrected chi connectivity index (χ1v) is 15.8. The Morgan fingerprint density at radius 3 is 2.17 bits per heavy atom. The number of hydrogen-bond donors (Lipinski definition) is 2. The number of carbonyl (C=O) groups excluding carboxylic acids is 2. The van der Waals surface area contributed by atoms with Crippen molar-refractivity contribution in [2.75, 3.05) is 18.6 Å². The normalized spacial score (nSPS) is 17.4. The molecule has 2 fully saturated rings. The van der Waals surface area contributed by atoms with Gasteiger partial charge >= 0.3 is 0 Å². The summed E-state index contributed by atoms with van der Waals surface area (Å²) in [6, 6.07) is 5.50. The number of aromatic nitrogens is 1. The fourth-order valence-corrected chi connectivity index (χ4v) is 7.44. The zero-order valence-electron chi connectivity index (χ0n) is 24.4. The van der Waals surface area contributed by atoms with Crippen LogP contribution in [0.3, 0.4) is 0 Å². The molecule has 0 spiro atoms. The van der Waals surface area contributed by atoms with E-state index in [4.69, 9.17) is 0 Å². The van der Waals surface area contributed by atoms with E-state index < -0.39 is 74.2 Å². The van der Waals surface area contributed by atoms with Crippen molar-refractivity contribution in [2.45, 2.75) is 61.9 Å². The maximum absolute atomic E-state index is 14.5. The number of halogens is 5. The van der Waals surface area contributed by atoms with Gasteiger partial charge in [0.2, 0.25) is 21.7 Å². The number of phenolic OH excluding ortho intramolecular Hbond substituents is 1. The van der Waals surface area contributed by atoms with Crippen molar-refractivity contribution in [3.05, 3.63) is 82.4 Å². The van der Waals surface area contributed by atoms with E-state index in [9.17, 15) is 45.1 Å². The third kappa shape index (κ3) is 6.16. The van der Waals surface area contributed by atoms with Gasteiger partial charge in [0.25, 0.3) is 5.91 Å². The number of nitrogens with one attached hydrogen (secondary N) is 1. The fourth-order valence-electron chi connectivity index (χ4n) is 5.70. The van der Waals surface area contributed by atoms with E-state index in [0.29, 0.717) is 15.9 Å². The summed E-state index contributed by atoms with van der Waals surface area (Å²) in [4.78, 5) is 34.2. The molecule has 3 aromatic rings. The van der Waals surface area contributed by atoms with Crippen LogP contribution < -0.4 is 10.4 Å². The zero-order valence-corrected chi connectivity index (χ0v) is 25.2. The number of hydrogen-bond acceptors (Lipinski definition) is 7. The molecule has 1 aliphatic carbocycles. The van der Waals surface area contributed by atoms with Crippen molar-refractivity contribution in [2.24, 2.45) is 0 Å². The van der Waals surface area contributed by atoms with Gasteiger partial charge in [0, 0.05) is 24.5 Å². The Bertz CT molecular complexity index is 1740. The summed E-state index contributed by atoms with van der Waals surface area (Å²) in [5, 5.41) is 10.6. The number of rotatable bonds is 9. The first-order valence-electron chi connectivity index (χ1n) is 14.3. The summed E-state index contributed by atoms with van der Waals surface area (Å²) in [7, 11) is -4.22. The molecule has 1 saturated carbocycles. The number of sulfonamides is 1. The van der Waals surface area contributed by atoms with Crippen molar-refractivity contribution < 1.29 is 49.9 Å². The number of anilines is 1. The fraction of sp³-hybridized carbons (Fsp3) is 0.367. The predicted octanol–water partition coefficient (Wildman–Crippen LogP) is 4.82. The number of hydroxylamine groups is 1. The summed E-state index contributed by atoms with van der Waals surface area (Å²) in [5.41, 5.74) is 3.20. The Morgan fingerprint density at radius 1 is 0.978 bits per heavy atom. The molecule has 0 bridgehead atoms. The van der Waals surface area contributed by atoms with Crippen LogP contribution in [0.5, 0.6) is 5.75 Å². The third-order valence-corrected chi connectivity index (χ3v) is 10.2. The molecule has 10 nitrogen and oxygen atoms in total. The lowest BCUT2D eigenvalue weighted by Gasteiger charge is -2.41. The van der Waals surface area contributed by atoms with Crippen LogP contribution in [0.15, 0.2) is 41.4 Å². The second-order valence-corrected chi connectivity index (χ2v) is 12.8. The molecule has 2 aromatic carbocycles. The second kappa shape index (κ2) is 13.3. The largest absolute Gasteiger partial charge is 0.507 e. The minimum atomic E-state index is -5.40.